The second kappa shape index (κ2) is 10.2. The average molecular weight is 278 g/mol. The van der Waals surface area contributed by atoms with E-state index in [0.29, 0.717) is 5.41 Å². The number of rotatable bonds is 10. The van der Waals surface area contributed by atoms with Crippen molar-refractivity contribution in [3.63, 3.8) is 0 Å². The minimum absolute atomic E-state index is 0.456. The fourth-order valence-corrected chi connectivity index (χ4v) is 3.44. The first-order chi connectivity index (χ1) is 9.76. The highest BCUT2D eigenvalue weighted by molar-refractivity contribution is 4.90. The summed E-state index contributed by atoms with van der Waals surface area (Å²) in [6.45, 7) is 15.5. The van der Waals surface area contributed by atoms with E-state index in [1.54, 1.807) is 0 Å². The van der Waals surface area contributed by atoms with Gasteiger partial charge >= 0.3 is 0 Å². The Morgan fingerprint density at radius 2 is 1.65 bits per heavy atom. The zero-order valence-corrected chi connectivity index (χ0v) is 13.5. The molecule has 0 unspecified atom stereocenters. The van der Waals surface area contributed by atoms with Crippen LogP contribution in [0.3, 0.4) is 0 Å². The van der Waals surface area contributed by atoms with Gasteiger partial charge in [0.05, 0.1) is 0 Å². The fourth-order valence-electron chi connectivity index (χ4n) is 3.44. The van der Waals surface area contributed by atoms with Crippen LogP contribution in [0.25, 0.3) is 0 Å². The molecule has 20 heavy (non-hydrogen) atoms. The minimum atomic E-state index is 0.456. The first-order valence-electron chi connectivity index (χ1n) is 8.41. The standard InChI is InChI=1S/C18H34N2/c1-4-13-19-16-18(11-9-7-8-10-12-18)17-20(14-5-2)15-6-3/h5-6,19H,2-4,7-17H2,1H3. The normalized spacial score (nSPS) is 18.7. The highest BCUT2D eigenvalue weighted by Crippen LogP contribution is 2.35. The lowest BCUT2D eigenvalue weighted by Gasteiger charge is -2.38. The molecule has 1 aliphatic rings. The fraction of sp³-hybridized carbons (Fsp3) is 0.778. The van der Waals surface area contributed by atoms with Gasteiger partial charge in [-0.2, -0.15) is 0 Å². The van der Waals surface area contributed by atoms with Crippen LogP contribution < -0.4 is 5.32 Å². The van der Waals surface area contributed by atoms with Crippen molar-refractivity contribution >= 4 is 0 Å². The number of nitrogens with one attached hydrogen (secondary N) is 1. The summed E-state index contributed by atoms with van der Waals surface area (Å²) in [6.07, 6.45) is 13.6. The molecule has 0 spiro atoms. The van der Waals surface area contributed by atoms with Crippen LogP contribution in [-0.4, -0.2) is 37.6 Å². The summed E-state index contributed by atoms with van der Waals surface area (Å²) in [7, 11) is 0. The number of hydrogen-bond acceptors (Lipinski definition) is 2. The van der Waals surface area contributed by atoms with Crippen LogP contribution in [0.5, 0.6) is 0 Å². The first-order valence-corrected chi connectivity index (χ1v) is 8.41. The van der Waals surface area contributed by atoms with Crippen LogP contribution in [0.2, 0.25) is 0 Å². The van der Waals surface area contributed by atoms with Gasteiger partial charge in [0, 0.05) is 26.2 Å². The van der Waals surface area contributed by atoms with E-state index >= 15 is 0 Å². The minimum Gasteiger partial charge on any atom is -0.316 e. The van der Waals surface area contributed by atoms with Gasteiger partial charge in [-0.05, 0) is 31.2 Å². The zero-order chi connectivity index (χ0) is 14.7. The molecule has 1 rings (SSSR count). The zero-order valence-electron chi connectivity index (χ0n) is 13.5. The Kier molecular flexibility index (Phi) is 8.88. The highest BCUT2D eigenvalue weighted by Gasteiger charge is 2.32. The van der Waals surface area contributed by atoms with Gasteiger partial charge in [-0.25, -0.2) is 0 Å². The SMILES string of the molecule is C=CCN(CC=C)CC1(CNCCC)CCCCCC1. The maximum Gasteiger partial charge on any atom is 0.0164 e. The van der Waals surface area contributed by atoms with Crippen molar-refractivity contribution in [3.8, 4) is 0 Å². The predicted octanol–water partition coefficient (Wildman–Crippen LogP) is 4.00. The van der Waals surface area contributed by atoms with Gasteiger partial charge in [0.15, 0.2) is 0 Å². The molecule has 0 aromatic carbocycles. The molecule has 0 aromatic rings. The molecule has 0 bridgehead atoms. The molecule has 0 aromatic heterocycles. The monoisotopic (exact) mass is 278 g/mol. The molecule has 1 fully saturated rings. The molecule has 2 nitrogen and oxygen atoms in total. The molecule has 1 aliphatic carbocycles. The molecular formula is C18H34N2. The van der Waals surface area contributed by atoms with Gasteiger partial charge in [-0.3, -0.25) is 4.90 Å². The molecule has 0 atom stereocenters. The Hall–Kier alpha value is -0.600. The Balaban J connectivity index is 2.67. The summed E-state index contributed by atoms with van der Waals surface area (Å²) in [5.74, 6) is 0. The summed E-state index contributed by atoms with van der Waals surface area (Å²) in [5.41, 5.74) is 0.456. The van der Waals surface area contributed by atoms with E-state index < -0.39 is 0 Å². The van der Waals surface area contributed by atoms with Crippen LogP contribution in [0.4, 0.5) is 0 Å². The van der Waals surface area contributed by atoms with Crippen LogP contribution in [0.15, 0.2) is 25.3 Å². The maximum absolute atomic E-state index is 3.90. The van der Waals surface area contributed by atoms with E-state index in [9.17, 15) is 0 Å². The quantitative estimate of drug-likeness (QED) is 0.369. The Bertz CT molecular complexity index is 255. The second-order valence-electron chi connectivity index (χ2n) is 6.36. The van der Waals surface area contributed by atoms with E-state index in [1.165, 1.54) is 58.0 Å². The van der Waals surface area contributed by atoms with E-state index in [2.05, 4.69) is 30.3 Å². The molecule has 1 saturated carbocycles. The number of nitrogens with zero attached hydrogens (tertiary/aromatic N) is 1. The van der Waals surface area contributed by atoms with E-state index in [-0.39, 0.29) is 0 Å². The van der Waals surface area contributed by atoms with Crippen molar-refractivity contribution in [3.05, 3.63) is 25.3 Å². The molecular weight excluding hydrogens is 244 g/mol. The highest BCUT2D eigenvalue weighted by atomic mass is 15.1. The van der Waals surface area contributed by atoms with Crippen LogP contribution in [0.1, 0.15) is 51.9 Å². The van der Waals surface area contributed by atoms with Crippen molar-refractivity contribution < 1.29 is 0 Å². The lowest BCUT2D eigenvalue weighted by molar-refractivity contribution is 0.144. The molecule has 0 radical (unpaired) electrons. The van der Waals surface area contributed by atoms with E-state index in [1.807, 2.05) is 12.2 Å². The van der Waals surface area contributed by atoms with E-state index in [0.717, 1.165) is 19.6 Å². The lowest BCUT2D eigenvalue weighted by Crippen LogP contribution is -2.44. The molecule has 0 heterocycles. The molecule has 1 N–H and O–H groups in total. The number of hydrogen-bond donors (Lipinski definition) is 1. The van der Waals surface area contributed by atoms with E-state index in [4.69, 9.17) is 0 Å². The van der Waals surface area contributed by atoms with Crippen molar-refractivity contribution in [1.29, 1.82) is 0 Å². The van der Waals surface area contributed by atoms with Gasteiger partial charge in [-0.15, -0.1) is 13.2 Å². The van der Waals surface area contributed by atoms with Crippen LogP contribution in [-0.2, 0) is 0 Å². The summed E-state index contributed by atoms with van der Waals surface area (Å²) < 4.78 is 0. The molecule has 2 heteroatoms. The van der Waals surface area contributed by atoms with Gasteiger partial charge in [-0.1, -0.05) is 44.8 Å². The topological polar surface area (TPSA) is 15.3 Å². The summed E-state index contributed by atoms with van der Waals surface area (Å²) in [6, 6.07) is 0. The molecule has 0 aliphatic heterocycles. The maximum atomic E-state index is 3.90. The Labute approximate surface area is 126 Å². The van der Waals surface area contributed by atoms with Gasteiger partial charge in [0.2, 0.25) is 0 Å². The predicted molar refractivity (Wildman–Crippen MR) is 90.1 cm³/mol. The van der Waals surface area contributed by atoms with Crippen LogP contribution in [0, 0.1) is 5.41 Å². The smallest absolute Gasteiger partial charge is 0.0164 e. The van der Waals surface area contributed by atoms with Crippen molar-refractivity contribution in [2.45, 2.75) is 51.9 Å². The third kappa shape index (κ3) is 6.23. The molecule has 0 amide bonds. The third-order valence-corrected chi connectivity index (χ3v) is 4.42. The largest absolute Gasteiger partial charge is 0.316 e. The summed E-state index contributed by atoms with van der Waals surface area (Å²) >= 11 is 0. The first kappa shape index (κ1) is 17.5. The van der Waals surface area contributed by atoms with Gasteiger partial charge in [0.25, 0.3) is 0 Å². The molecule has 0 saturated heterocycles. The second-order valence-corrected chi connectivity index (χ2v) is 6.36. The summed E-state index contributed by atoms with van der Waals surface area (Å²) in [4.78, 5) is 2.50. The third-order valence-electron chi connectivity index (χ3n) is 4.42. The van der Waals surface area contributed by atoms with Crippen molar-refractivity contribution in [2.75, 3.05) is 32.7 Å². The summed E-state index contributed by atoms with van der Waals surface area (Å²) in [5, 5.41) is 3.68. The van der Waals surface area contributed by atoms with Crippen molar-refractivity contribution in [2.24, 2.45) is 5.41 Å². The van der Waals surface area contributed by atoms with Gasteiger partial charge < -0.3 is 5.32 Å². The Morgan fingerprint density at radius 3 is 2.15 bits per heavy atom. The van der Waals surface area contributed by atoms with Gasteiger partial charge in [0.1, 0.15) is 0 Å². The molecule has 116 valence electrons. The lowest BCUT2D eigenvalue weighted by atomic mass is 9.79. The van der Waals surface area contributed by atoms with Crippen molar-refractivity contribution in [1.82, 2.24) is 10.2 Å². The van der Waals surface area contributed by atoms with Crippen LogP contribution >= 0.6 is 0 Å². The Morgan fingerprint density at radius 1 is 1.05 bits per heavy atom. The average Bonchev–Trinajstić information content (AvgIpc) is 2.66.